The standard InChI is InChI=1S/C54H88O26/c1-20-30(60)34(64)38(68)44(74-20)79-41-37(67)33(63)25(18-57)77-47(41)80-48(72)53(7)27-10-13-51(5)26(50(27,4)12-11-28(53)58)9-8-21-22-14-49(2,3)42(70)43(71)54(22,29(59)15-52(21,51)6)19-73-46-40(36(66)32(62)24(17-56)76-46)78-45-39(69)35(65)31(61)23(16-55)75-45/h8,20,22-47,55-71H,9-19H2,1-7H3/t20-,22?,23+,24+,25+,26+,27?,28-,29+,30-,31+,32+,33+,34+,35-,36-,37-,38+,39+,40+,41+,42-,43-,44-,45-,46+,47-,50+,51+,52+,53+,54-/m0/s1. The van der Waals surface area contributed by atoms with Crippen molar-refractivity contribution < 1.29 is 130 Å². The summed E-state index contributed by atoms with van der Waals surface area (Å²) in [5.41, 5.74) is -5.64. The van der Waals surface area contributed by atoms with E-state index in [1.807, 2.05) is 0 Å². The fraction of sp³-hybridized carbons (Fsp3) is 0.944. The van der Waals surface area contributed by atoms with Crippen LogP contribution >= 0.6 is 0 Å². The molecule has 4 heterocycles. The van der Waals surface area contributed by atoms with Gasteiger partial charge in [0.15, 0.2) is 25.0 Å². The molecular formula is C54H88O26. The molecule has 4 aliphatic heterocycles. The summed E-state index contributed by atoms with van der Waals surface area (Å²) in [6, 6.07) is 0. The largest absolute Gasteiger partial charge is 0.432 e. The second-order valence-electron chi connectivity index (χ2n) is 26.3. The fourth-order valence-corrected chi connectivity index (χ4v) is 16.5. The Bertz CT molecular complexity index is 2230. The Labute approximate surface area is 463 Å². The Hall–Kier alpha value is -1.75. The average molecular weight is 1150 g/mol. The first-order valence-electron chi connectivity index (χ1n) is 28.2. The SMILES string of the molecule is C[C@@H]1O[C@@H](O[C@H]2[C@H](OC(=O)[C@]3(C)C4CC[C@]5(C)[C@H](CC=C6C7CC(C)(C)[C@@H](O)[C@H](O)[C@]7(CO[C@@H]7O[C@H](CO)[C@@H](O)[C@H](O)[C@H]7O[C@@H]7O[C@H](CO)[C@@H](O)[C@H](O)[C@H]7O)[C@H](O)C[C@]65C)[C@@]4(C)CC[C@@H]3O)O[C@H](CO)[C@@H](O)[C@@H]2O)[C@H](O)[C@H](O)[C@H]1O. The van der Waals surface area contributed by atoms with Crippen LogP contribution in [0.25, 0.3) is 0 Å². The summed E-state index contributed by atoms with van der Waals surface area (Å²) >= 11 is 0. The van der Waals surface area contributed by atoms with Crippen LogP contribution in [-0.4, -0.2) is 266 Å². The molecule has 0 aromatic carbocycles. The van der Waals surface area contributed by atoms with E-state index in [4.69, 9.17) is 37.9 Å². The summed E-state index contributed by atoms with van der Waals surface area (Å²) in [4.78, 5) is 15.1. The number of rotatable bonds is 12. The summed E-state index contributed by atoms with van der Waals surface area (Å²) in [7, 11) is 0. The number of carbonyl (C=O) groups excluding carboxylic acids is 1. The molecule has 32 atom stereocenters. The summed E-state index contributed by atoms with van der Waals surface area (Å²) < 4.78 is 47.3. The molecule has 0 amide bonds. The monoisotopic (exact) mass is 1150 g/mol. The molecular weight excluding hydrogens is 1060 g/mol. The van der Waals surface area contributed by atoms with Crippen LogP contribution in [0.2, 0.25) is 0 Å². The average Bonchev–Trinajstić information content (AvgIpc) is 3.45. The zero-order valence-electron chi connectivity index (χ0n) is 46.2. The number of aliphatic hydroxyl groups excluding tert-OH is 17. The molecule has 0 bridgehead atoms. The Morgan fingerprint density at radius 2 is 1.07 bits per heavy atom. The number of ether oxygens (including phenoxy) is 8. The van der Waals surface area contributed by atoms with Crippen LogP contribution in [-0.2, 0) is 42.7 Å². The number of aliphatic hydroxyl groups is 17. The normalized spacial score (nSPS) is 55.9. The number of hydrogen-bond acceptors (Lipinski definition) is 26. The van der Waals surface area contributed by atoms with Gasteiger partial charge in [-0.15, -0.1) is 0 Å². The zero-order valence-corrected chi connectivity index (χ0v) is 46.2. The second-order valence-corrected chi connectivity index (χ2v) is 26.3. The fourth-order valence-electron chi connectivity index (χ4n) is 16.5. The van der Waals surface area contributed by atoms with Crippen LogP contribution in [0, 0.1) is 50.2 Å². The van der Waals surface area contributed by atoms with Crippen LogP contribution < -0.4 is 0 Å². The Balaban J connectivity index is 1.01. The highest BCUT2D eigenvalue weighted by atomic mass is 16.8. The van der Waals surface area contributed by atoms with Crippen molar-refractivity contribution in [3.63, 3.8) is 0 Å². The van der Waals surface area contributed by atoms with E-state index in [1.165, 1.54) is 6.92 Å². The van der Waals surface area contributed by atoms with E-state index in [1.54, 1.807) is 20.8 Å². The Morgan fingerprint density at radius 3 is 1.65 bits per heavy atom. The van der Waals surface area contributed by atoms with Gasteiger partial charge in [-0.2, -0.15) is 0 Å². The Morgan fingerprint density at radius 1 is 0.562 bits per heavy atom. The molecule has 26 nitrogen and oxygen atoms in total. The summed E-state index contributed by atoms with van der Waals surface area (Å²) in [5.74, 6) is -2.46. The molecule has 26 heteroatoms. The molecule has 0 radical (unpaired) electrons. The lowest BCUT2D eigenvalue weighted by atomic mass is 9.33. The summed E-state index contributed by atoms with van der Waals surface area (Å²) in [5, 5.41) is 188. The molecule has 9 aliphatic rings. The van der Waals surface area contributed by atoms with Gasteiger partial charge in [0.2, 0.25) is 6.29 Å². The van der Waals surface area contributed by atoms with Gasteiger partial charge in [-0.05, 0) is 98.2 Å². The van der Waals surface area contributed by atoms with Crippen molar-refractivity contribution in [1.82, 2.24) is 0 Å². The predicted octanol–water partition coefficient (Wildman–Crippen LogP) is -5.12. The van der Waals surface area contributed by atoms with Crippen molar-refractivity contribution >= 4 is 5.97 Å². The van der Waals surface area contributed by atoms with Crippen molar-refractivity contribution in [2.24, 2.45) is 50.2 Å². The number of allylic oxidation sites excluding steroid dienone is 2. The molecule has 4 saturated carbocycles. The van der Waals surface area contributed by atoms with Gasteiger partial charge in [0.1, 0.15) is 85.5 Å². The minimum Gasteiger partial charge on any atom is -0.432 e. The van der Waals surface area contributed by atoms with Crippen molar-refractivity contribution in [3.05, 3.63) is 11.6 Å². The van der Waals surface area contributed by atoms with Gasteiger partial charge >= 0.3 is 5.97 Å². The molecule has 5 aliphatic carbocycles. The third-order valence-corrected chi connectivity index (χ3v) is 21.8. The van der Waals surface area contributed by atoms with Crippen molar-refractivity contribution in [1.29, 1.82) is 0 Å². The van der Waals surface area contributed by atoms with E-state index in [0.717, 1.165) is 5.57 Å². The maximum Gasteiger partial charge on any atom is 0.317 e. The lowest BCUT2D eigenvalue weighted by molar-refractivity contribution is -0.373. The van der Waals surface area contributed by atoms with Crippen molar-refractivity contribution in [3.8, 4) is 0 Å². The highest BCUT2D eigenvalue weighted by Crippen LogP contribution is 2.76. The zero-order chi connectivity index (χ0) is 58.9. The first-order chi connectivity index (χ1) is 37.4. The van der Waals surface area contributed by atoms with E-state index in [9.17, 15) is 86.8 Å². The molecule has 0 spiro atoms. The van der Waals surface area contributed by atoms with Gasteiger partial charge < -0.3 is 125 Å². The third-order valence-electron chi connectivity index (χ3n) is 21.8. The number of hydrogen-bond donors (Lipinski definition) is 17. The summed E-state index contributed by atoms with van der Waals surface area (Å²) in [6.45, 7) is 9.91. The topological polar surface area (TPSA) is 435 Å². The van der Waals surface area contributed by atoms with Crippen LogP contribution in [0.4, 0.5) is 0 Å². The minimum atomic E-state index is -1.94. The summed E-state index contributed by atoms with van der Waals surface area (Å²) in [6.07, 6.45) is -35.8. The second kappa shape index (κ2) is 22.5. The first-order valence-corrected chi connectivity index (χ1v) is 28.2. The van der Waals surface area contributed by atoms with Gasteiger partial charge in [0, 0.05) is 0 Å². The van der Waals surface area contributed by atoms with Crippen molar-refractivity contribution in [2.75, 3.05) is 26.4 Å². The first kappa shape index (κ1) is 62.8. The van der Waals surface area contributed by atoms with E-state index in [0.29, 0.717) is 25.7 Å². The lowest BCUT2D eigenvalue weighted by Gasteiger charge is -2.72. The number of fused-ring (bicyclic) bond motifs is 7. The van der Waals surface area contributed by atoms with E-state index >= 15 is 4.79 Å². The van der Waals surface area contributed by atoms with Gasteiger partial charge in [-0.25, -0.2) is 0 Å². The number of esters is 1. The molecule has 8 fully saturated rings. The van der Waals surface area contributed by atoms with Gasteiger partial charge in [0.25, 0.3) is 0 Å². The molecule has 9 rings (SSSR count). The molecule has 80 heavy (non-hydrogen) atoms. The smallest absolute Gasteiger partial charge is 0.317 e. The third kappa shape index (κ3) is 9.58. The van der Waals surface area contributed by atoms with Crippen molar-refractivity contribution in [2.45, 2.75) is 241 Å². The Kier molecular flexibility index (Phi) is 17.7. The molecule has 17 N–H and O–H groups in total. The number of carbonyl (C=O) groups is 1. The molecule has 0 aromatic heterocycles. The van der Waals surface area contributed by atoms with Crippen LogP contribution in [0.3, 0.4) is 0 Å². The van der Waals surface area contributed by atoms with Gasteiger partial charge in [0.05, 0.1) is 67.8 Å². The quantitative estimate of drug-likeness (QED) is 0.0642. The maximum absolute atomic E-state index is 15.1. The van der Waals surface area contributed by atoms with Crippen LogP contribution in [0.5, 0.6) is 0 Å². The van der Waals surface area contributed by atoms with E-state index in [-0.39, 0.29) is 25.2 Å². The maximum atomic E-state index is 15.1. The molecule has 2 unspecified atom stereocenters. The highest BCUT2D eigenvalue weighted by Gasteiger charge is 2.74. The lowest BCUT2D eigenvalue weighted by Crippen LogP contribution is -2.72. The van der Waals surface area contributed by atoms with Crippen LogP contribution in [0.15, 0.2) is 11.6 Å². The molecule has 460 valence electrons. The van der Waals surface area contributed by atoms with E-state index < -0.39 is 224 Å². The van der Waals surface area contributed by atoms with Gasteiger partial charge in [-0.1, -0.05) is 46.3 Å². The minimum absolute atomic E-state index is 0.0181. The van der Waals surface area contributed by atoms with E-state index in [2.05, 4.69) is 26.8 Å². The molecule has 4 saturated heterocycles. The predicted molar refractivity (Wildman–Crippen MR) is 267 cm³/mol. The van der Waals surface area contributed by atoms with Crippen LogP contribution in [0.1, 0.15) is 93.4 Å². The van der Waals surface area contributed by atoms with Gasteiger partial charge in [-0.3, -0.25) is 4.79 Å². The molecule has 0 aromatic rings. The highest BCUT2D eigenvalue weighted by molar-refractivity contribution is 5.78.